The lowest BCUT2D eigenvalue weighted by Gasteiger charge is -2.41. The number of aryl methyl sites for hydroxylation is 1. The first-order chi connectivity index (χ1) is 14.3. The summed E-state index contributed by atoms with van der Waals surface area (Å²) in [5.41, 5.74) is 1.15. The van der Waals surface area contributed by atoms with E-state index in [1.54, 1.807) is 6.92 Å². The summed E-state index contributed by atoms with van der Waals surface area (Å²) in [6, 6.07) is 8.14. The molecule has 2 fully saturated rings. The molecule has 0 unspecified atom stereocenters. The van der Waals surface area contributed by atoms with Crippen LogP contribution in [0.1, 0.15) is 28.8 Å². The Morgan fingerprint density at radius 3 is 2.50 bits per heavy atom. The fraction of sp³-hybridized carbons (Fsp3) is 0.409. The Bertz CT molecular complexity index is 1090. The second-order valence-corrected chi connectivity index (χ2v) is 10.5. The van der Waals surface area contributed by atoms with Crippen LogP contribution in [0, 0.1) is 18.6 Å². The van der Waals surface area contributed by atoms with Gasteiger partial charge in [0.05, 0.1) is 21.9 Å². The Hall–Kier alpha value is -2.16. The van der Waals surface area contributed by atoms with Crippen LogP contribution in [0.25, 0.3) is 11.1 Å². The van der Waals surface area contributed by atoms with Crippen LogP contribution >= 0.6 is 0 Å². The van der Waals surface area contributed by atoms with Crippen molar-refractivity contribution in [2.45, 2.75) is 25.4 Å². The Morgan fingerprint density at radius 1 is 1.13 bits per heavy atom. The van der Waals surface area contributed by atoms with E-state index < -0.39 is 27.3 Å². The van der Waals surface area contributed by atoms with Gasteiger partial charge in [0, 0.05) is 35.7 Å². The van der Waals surface area contributed by atoms with Crippen molar-refractivity contribution in [3.63, 3.8) is 0 Å². The number of nitrogens with one attached hydrogen (secondary N) is 1. The lowest BCUT2D eigenvalue weighted by atomic mass is 9.95. The molecule has 2 aliphatic rings. The zero-order valence-electron chi connectivity index (χ0n) is 16.7. The van der Waals surface area contributed by atoms with Crippen LogP contribution in [0.4, 0.5) is 8.78 Å². The van der Waals surface area contributed by atoms with Crippen LogP contribution in [0.15, 0.2) is 40.8 Å². The average Bonchev–Trinajstić information content (AvgIpc) is 2.72. The average molecular weight is 435 g/mol. The van der Waals surface area contributed by atoms with Crippen LogP contribution in [0.2, 0.25) is 0 Å². The van der Waals surface area contributed by atoms with Crippen molar-refractivity contribution in [2.24, 2.45) is 4.36 Å². The fourth-order valence-electron chi connectivity index (χ4n) is 4.04. The van der Waals surface area contributed by atoms with Crippen molar-refractivity contribution in [3.05, 3.63) is 59.2 Å². The number of hydrogen-bond donors (Lipinski definition) is 1. The summed E-state index contributed by atoms with van der Waals surface area (Å²) in [6.45, 7) is 3.83. The number of hydrogen-bond acceptors (Lipinski definition) is 4. The monoisotopic (exact) mass is 434 g/mol. The molecule has 1 spiro atoms. The van der Waals surface area contributed by atoms with E-state index in [0.717, 1.165) is 12.6 Å². The number of morpholine rings is 1. The third kappa shape index (κ3) is 4.31. The maximum atomic E-state index is 14.7. The maximum absolute atomic E-state index is 14.7. The molecule has 1 N–H and O–H groups in total. The first-order valence-corrected chi connectivity index (χ1v) is 11.8. The minimum Gasteiger partial charge on any atom is -0.372 e. The zero-order chi connectivity index (χ0) is 21.4. The van der Waals surface area contributed by atoms with Crippen molar-refractivity contribution >= 4 is 15.6 Å². The number of nitrogens with zero attached hydrogens (tertiary/aromatic N) is 1. The normalized spacial score (nSPS) is 26.5. The Balaban J connectivity index is 1.54. The van der Waals surface area contributed by atoms with Gasteiger partial charge in [-0.25, -0.2) is 13.0 Å². The molecule has 0 radical (unpaired) electrons. The first kappa shape index (κ1) is 21.1. The van der Waals surface area contributed by atoms with Crippen LogP contribution in [-0.2, 0) is 14.5 Å². The molecule has 0 aliphatic carbocycles. The molecule has 160 valence electrons. The van der Waals surface area contributed by atoms with Crippen molar-refractivity contribution < 1.29 is 22.5 Å². The summed E-state index contributed by atoms with van der Waals surface area (Å²) < 4.78 is 51.0. The lowest BCUT2D eigenvalue weighted by molar-refractivity contribution is -0.0712. The molecule has 0 saturated carbocycles. The summed E-state index contributed by atoms with van der Waals surface area (Å²) in [5.74, 6) is -1.11. The van der Waals surface area contributed by atoms with Gasteiger partial charge in [-0.3, -0.25) is 4.79 Å². The van der Waals surface area contributed by atoms with E-state index in [0.29, 0.717) is 37.1 Å². The van der Waals surface area contributed by atoms with Crippen LogP contribution in [-0.4, -0.2) is 46.9 Å². The molecule has 30 heavy (non-hydrogen) atoms. The molecule has 0 atom stereocenters. The molecule has 8 heteroatoms. The predicted molar refractivity (Wildman–Crippen MR) is 112 cm³/mol. The quantitative estimate of drug-likeness (QED) is 0.783. The maximum Gasteiger partial charge on any atom is 0.285 e. The first-order valence-electron chi connectivity index (χ1n) is 9.97. The highest BCUT2D eigenvalue weighted by Gasteiger charge is 2.39. The van der Waals surface area contributed by atoms with Gasteiger partial charge in [-0.1, -0.05) is 12.1 Å². The molecule has 2 aliphatic heterocycles. The van der Waals surface area contributed by atoms with Crippen molar-refractivity contribution in [1.82, 2.24) is 5.32 Å². The summed E-state index contributed by atoms with van der Waals surface area (Å²) in [4.78, 5) is 12.6. The smallest absolute Gasteiger partial charge is 0.285 e. The van der Waals surface area contributed by atoms with Gasteiger partial charge >= 0.3 is 0 Å². The van der Waals surface area contributed by atoms with E-state index >= 15 is 0 Å². The number of ether oxygens (including phenoxy) is 1. The van der Waals surface area contributed by atoms with E-state index in [9.17, 15) is 17.8 Å². The number of halogens is 2. The van der Waals surface area contributed by atoms with Crippen LogP contribution in [0.3, 0.4) is 0 Å². The third-order valence-electron chi connectivity index (χ3n) is 5.83. The van der Waals surface area contributed by atoms with Crippen LogP contribution in [0.5, 0.6) is 0 Å². The SMILES string of the molecule is Cc1cc(F)ccc1-c1ccc(C(=O)N=S2(=O)CCC3(CC2)CNCCO3)cc1F. The molecular weight excluding hydrogens is 410 g/mol. The summed E-state index contributed by atoms with van der Waals surface area (Å²) >= 11 is 0. The van der Waals surface area contributed by atoms with Gasteiger partial charge in [-0.15, -0.1) is 0 Å². The third-order valence-corrected chi connectivity index (χ3v) is 8.01. The molecule has 2 heterocycles. The van der Waals surface area contributed by atoms with E-state index in [4.69, 9.17) is 4.74 Å². The highest BCUT2D eigenvalue weighted by molar-refractivity contribution is 7.93. The minimum absolute atomic E-state index is 0.0506. The second kappa shape index (κ2) is 8.17. The largest absolute Gasteiger partial charge is 0.372 e. The Morgan fingerprint density at radius 2 is 1.87 bits per heavy atom. The number of benzene rings is 2. The van der Waals surface area contributed by atoms with E-state index in [1.165, 1.54) is 30.3 Å². The van der Waals surface area contributed by atoms with Gasteiger partial charge in [-0.05, 0) is 55.2 Å². The van der Waals surface area contributed by atoms with Crippen molar-refractivity contribution in [1.29, 1.82) is 0 Å². The molecule has 5 nitrogen and oxygen atoms in total. The number of amides is 1. The summed E-state index contributed by atoms with van der Waals surface area (Å²) in [7, 11) is -2.70. The van der Waals surface area contributed by atoms with Crippen LogP contribution < -0.4 is 5.32 Å². The van der Waals surface area contributed by atoms with Gasteiger partial charge in [0.25, 0.3) is 5.91 Å². The van der Waals surface area contributed by atoms with E-state index in [-0.39, 0.29) is 28.2 Å². The molecule has 1 amide bonds. The number of carbonyl (C=O) groups excluding carboxylic acids is 1. The highest BCUT2D eigenvalue weighted by atomic mass is 32.2. The molecule has 0 bridgehead atoms. The second-order valence-electron chi connectivity index (χ2n) is 7.94. The van der Waals surface area contributed by atoms with E-state index in [2.05, 4.69) is 9.68 Å². The van der Waals surface area contributed by atoms with Gasteiger partial charge in [0.1, 0.15) is 11.6 Å². The molecule has 2 aromatic carbocycles. The highest BCUT2D eigenvalue weighted by Crippen LogP contribution is 2.31. The molecular formula is C22H24F2N2O3S. The van der Waals surface area contributed by atoms with Gasteiger partial charge in [-0.2, -0.15) is 4.36 Å². The number of rotatable bonds is 2. The minimum atomic E-state index is -2.70. The topological polar surface area (TPSA) is 67.8 Å². The Kier molecular flexibility index (Phi) is 5.74. The van der Waals surface area contributed by atoms with Crippen molar-refractivity contribution in [3.8, 4) is 11.1 Å². The molecule has 2 saturated heterocycles. The standard InChI is InChI=1S/C22H24F2N2O3S/c1-15-12-17(23)3-5-18(15)19-4-2-16(13-20(19)24)21(27)26-30(28)10-6-22(7-11-30)14-25-8-9-29-22/h2-5,12-13,25H,6-11,14H2,1H3. The molecule has 4 rings (SSSR count). The number of carbonyl (C=O) groups is 1. The van der Waals surface area contributed by atoms with E-state index in [1.807, 2.05) is 0 Å². The summed E-state index contributed by atoms with van der Waals surface area (Å²) in [5, 5.41) is 3.29. The molecule has 0 aromatic heterocycles. The van der Waals surface area contributed by atoms with Gasteiger partial charge in [0.2, 0.25) is 0 Å². The summed E-state index contributed by atoms with van der Waals surface area (Å²) in [6.07, 6.45) is 1.15. The van der Waals surface area contributed by atoms with Gasteiger partial charge in [0.15, 0.2) is 0 Å². The fourth-order valence-corrected chi connectivity index (χ4v) is 6.21. The molecule has 2 aromatic rings. The predicted octanol–water partition coefficient (Wildman–Crippen LogP) is 3.70. The lowest BCUT2D eigenvalue weighted by Crippen LogP contribution is -2.53. The van der Waals surface area contributed by atoms with Crippen molar-refractivity contribution in [2.75, 3.05) is 31.2 Å². The Labute approximate surface area is 175 Å². The zero-order valence-corrected chi connectivity index (χ0v) is 17.6. The van der Waals surface area contributed by atoms with Gasteiger partial charge < -0.3 is 10.1 Å².